The maximum Gasteiger partial charge on any atom is 0.121 e. The van der Waals surface area contributed by atoms with Gasteiger partial charge in [0.1, 0.15) is 5.75 Å². The molecule has 0 amide bonds. The smallest absolute Gasteiger partial charge is 0.121 e. The summed E-state index contributed by atoms with van der Waals surface area (Å²) in [6, 6.07) is 4.07. The molecular weight excluding hydrogens is 186 g/mol. The molecule has 0 radical (unpaired) electrons. The van der Waals surface area contributed by atoms with Gasteiger partial charge >= 0.3 is 0 Å². The molecule has 0 spiro atoms. The third-order valence-electron chi connectivity index (χ3n) is 3.31. The molecule has 1 aliphatic carbocycles. The first-order valence-electron chi connectivity index (χ1n) is 5.58. The molecule has 0 aliphatic heterocycles. The molecule has 0 bridgehead atoms. The Hall–Kier alpha value is -1.02. The highest BCUT2D eigenvalue weighted by Crippen LogP contribution is 2.37. The first-order valence-corrected chi connectivity index (χ1v) is 5.58. The van der Waals surface area contributed by atoms with Gasteiger partial charge in [-0.1, -0.05) is 17.7 Å². The van der Waals surface area contributed by atoms with E-state index >= 15 is 0 Å². The van der Waals surface area contributed by atoms with E-state index in [2.05, 4.69) is 13.0 Å². The molecule has 1 saturated carbocycles. The summed E-state index contributed by atoms with van der Waals surface area (Å²) in [7, 11) is 0. The van der Waals surface area contributed by atoms with Crippen molar-refractivity contribution < 1.29 is 5.11 Å². The van der Waals surface area contributed by atoms with Crippen LogP contribution in [-0.2, 0) is 6.42 Å². The first kappa shape index (κ1) is 10.5. The van der Waals surface area contributed by atoms with Crippen molar-refractivity contribution in [3.63, 3.8) is 0 Å². The Balaban J connectivity index is 2.13. The predicted molar refractivity (Wildman–Crippen MR) is 62.1 cm³/mol. The van der Waals surface area contributed by atoms with E-state index in [0.29, 0.717) is 5.75 Å². The molecule has 15 heavy (non-hydrogen) atoms. The van der Waals surface area contributed by atoms with Crippen LogP contribution >= 0.6 is 0 Å². The number of nitrogens with two attached hydrogens (primary N) is 1. The lowest BCUT2D eigenvalue weighted by Gasteiger charge is -2.11. The fourth-order valence-electron chi connectivity index (χ4n) is 2.03. The molecule has 82 valence electrons. The minimum atomic E-state index is 0.0735. The predicted octanol–water partition coefficient (Wildman–Crippen LogP) is 2.43. The number of benzene rings is 1. The number of rotatable bonds is 3. The van der Waals surface area contributed by atoms with Crippen LogP contribution in [0, 0.1) is 13.8 Å². The molecule has 0 saturated heterocycles. The van der Waals surface area contributed by atoms with Crippen molar-refractivity contribution in [1.29, 1.82) is 0 Å². The molecular formula is C13H19NO. The quantitative estimate of drug-likeness (QED) is 0.796. The highest BCUT2D eigenvalue weighted by atomic mass is 16.3. The Morgan fingerprint density at radius 2 is 2.00 bits per heavy atom. The molecule has 2 rings (SSSR count). The second-order valence-electron chi connectivity index (χ2n) is 4.95. The molecule has 0 atom stereocenters. The van der Waals surface area contributed by atoms with Crippen molar-refractivity contribution in [2.24, 2.45) is 5.73 Å². The van der Waals surface area contributed by atoms with Crippen molar-refractivity contribution in [2.45, 2.75) is 45.1 Å². The van der Waals surface area contributed by atoms with Crippen LogP contribution < -0.4 is 5.73 Å². The van der Waals surface area contributed by atoms with Gasteiger partial charge in [0, 0.05) is 5.54 Å². The van der Waals surface area contributed by atoms with Gasteiger partial charge in [-0.15, -0.1) is 0 Å². The summed E-state index contributed by atoms with van der Waals surface area (Å²) >= 11 is 0. The zero-order valence-electron chi connectivity index (χ0n) is 9.51. The SMILES string of the molecule is Cc1cc(C)c(O)c(CCC2(N)CC2)c1. The normalized spacial score (nSPS) is 17.8. The second kappa shape index (κ2) is 3.53. The highest BCUT2D eigenvalue weighted by Gasteiger charge is 2.37. The van der Waals surface area contributed by atoms with Crippen LogP contribution in [-0.4, -0.2) is 10.6 Å². The zero-order valence-corrected chi connectivity index (χ0v) is 9.51. The number of phenols is 1. The van der Waals surface area contributed by atoms with Gasteiger partial charge in [-0.25, -0.2) is 0 Å². The van der Waals surface area contributed by atoms with Crippen molar-refractivity contribution in [3.05, 3.63) is 28.8 Å². The Bertz CT molecular complexity index is 380. The Kier molecular flexibility index (Phi) is 2.47. The van der Waals surface area contributed by atoms with Crippen molar-refractivity contribution in [3.8, 4) is 5.75 Å². The van der Waals surface area contributed by atoms with Crippen LogP contribution in [0.5, 0.6) is 5.75 Å². The molecule has 2 nitrogen and oxygen atoms in total. The van der Waals surface area contributed by atoms with Gasteiger partial charge < -0.3 is 10.8 Å². The third kappa shape index (κ3) is 2.32. The summed E-state index contributed by atoms with van der Waals surface area (Å²) in [5.74, 6) is 0.449. The number of phenolic OH excluding ortho intramolecular Hbond substituents is 1. The van der Waals surface area contributed by atoms with Gasteiger partial charge in [-0.05, 0) is 50.7 Å². The standard InChI is InChI=1S/C13H19NO/c1-9-7-10(2)12(15)11(8-9)3-4-13(14)5-6-13/h7-8,15H,3-6,14H2,1-2H3. The van der Waals surface area contributed by atoms with Crippen molar-refractivity contribution in [1.82, 2.24) is 0 Å². The molecule has 1 aromatic carbocycles. The summed E-state index contributed by atoms with van der Waals surface area (Å²) in [6.07, 6.45) is 4.16. The van der Waals surface area contributed by atoms with Crippen LogP contribution in [0.1, 0.15) is 36.0 Å². The zero-order chi connectivity index (χ0) is 11.1. The van der Waals surface area contributed by atoms with Gasteiger partial charge in [-0.3, -0.25) is 0 Å². The van der Waals surface area contributed by atoms with Crippen molar-refractivity contribution >= 4 is 0 Å². The van der Waals surface area contributed by atoms with Crippen LogP contribution in [0.2, 0.25) is 0 Å². The average molecular weight is 205 g/mol. The van der Waals surface area contributed by atoms with E-state index in [1.54, 1.807) is 0 Å². The van der Waals surface area contributed by atoms with Gasteiger partial charge in [0.15, 0.2) is 0 Å². The largest absolute Gasteiger partial charge is 0.507 e. The number of hydrogen-bond acceptors (Lipinski definition) is 2. The minimum absolute atomic E-state index is 0.0735. The number of aryl methyl sites for hydroxylation is 3. The third-order valence-corrected chi connectivity index (χ3v) is 3.31. The van der Waals surface area contributed by atoms with Gasteiger partial charge in [0.2, 0.25) is 0 Å². The number of hydrogen-bond donors (Lipinski definition) is 2. The molecule has 1 aliphatic rings. The average Bonchev–Trinajstić information content (AvgIpc) is 2.88. The molecule has 2 heteroatoms. The van der Waals surface area contributed by atoms with Crippen molar-refractivity contribution in [2.75, 3.05) is 0 Å². The molecule has 0 unspecified atom stereocenters. The molecule has 0 heterocycles. The number of aromatic hydroxyl groups is 1. The Morgan fingerprint density at radius 1 is 1.33 bits per heavy atom. The van der Waals surface area contributed by atoms with E-state index in [9.17, 15) is 5.11 Å². The molecule has 1 fully saturated rings. The summed E-state index contributed by atoms with van der Waals surface area (Å²) < 4.78 is 0. The summed E-state index contributed by atoms with van der Waals surface area (Å²) in [4.78, 5) is 0. The van der Waals surface area contributed by atoms with E-state index in [4.69, 9.17) is 5.73 Å². The Morgan fingerprint density at radius 3 is 2.60 bits per heavy atom. The monoisotopic (exact) mass is 205 g/mol. The topological polar surface area (TPSA) is 46.2 Å². The summed E-state index contributed by atoms with van der Waals surface area (Å²) in [6.45, 7) is 4.01. The molecule has 0 aromatic heterocycles. The fraction of sp³-hybridized carbons (Fsp3) is 0.538. The van der Waals surface area contributed by atoms with Crippen LogP contribution in [0.3, 0.4) is 0 Å². The highest BCUT2D eigenvalue weighted by molar-refractivity contribution is 5.42. The van der Waals surface area contributed by atoms with Crippen LogP contribution in [0.4, 0.5) is 0 Å². The van der Waals surface area contributed by atoms with E-state index in [1.165, 1.54) is 5.56 Å². The van der Waals surface area contributed by atoms with E-state index in [1.807, 2.05) is 13.0 Å². The second-order valence-corrected chi connectivity index (χ2v) is 4.95. The maximum atomic E-state index is 9.90. The molecule has 1 aromatic rings. The lowest BCUT2D eigenvalue weighted by Crippen LogP contribution is -2.22. The van der Waals surface area contributed by atoms with Gasteiger partial charge in [0.25, 0.3) is 0 Å². The van der Waals surface area contributed by atoms with E-state index in [0.717, 1.165) is 36.8 Å². The van der Waals surface area contributed by atoms with Gasteiger partial charge in [-0.2, -0.15) is 0 Å². The van der Waals surface area contributed by atoms with E-state index < -0.39 is 0 Å². The Labute approximate surface area is 91.1 Å². The lowest BCUT2D eigenvalue weighted by molar-refractivity contribution is 0.460. The van der Waals surface area contributed by atoms with Crippen LogP contribution in [0.25, 0.3) is 0 Å². The minimum Gasteiger partial charge on any atom is -0.507 e. The fourth-order valence-corrected chi connectivity index (χ4v) is 2.03. The molecule has 3 N–H and O–H groups in total. The maximum absolute atomic E-state index is 9.90. The summed E-state index contributed by atoms with van der Waals surface area (Å²) in [5, 5.41) is 9.90. The lowest BCUT2D eigenvalue weighted by atomic mass is 9.99. The van der Waals surface area contributed by atoms with E-state index in [-0.39, 0.29) is 5.54 Å². The summed E-state index contributed by atoms with van der Waals surface area (Å²) in [5.41, 5.74) is 9.33. The van der Waals surface area contributed by atoms with Gasteiger partial charge in [0.05, 0.1) is 0 Å². The first-order chi connectivity index (χ1) is 7.00. The van der Waals surface area contributed by atoms with Crippen LogP contribution in [0.15, 0.2) is 12.1 Å².